The maximum atomic E-state index is 12.6. The van der Waals surface area contributed by atoms with Crippen LogP contribution in [0.15, 0.2) is 29.2 Å². The van der Waals surface area contributed by atoms with Crippen molar-refractivity contribution in [1.82, 2.24) is 19.7 Å². The molecule has 12 nitrogen and oxygen atoms in total. The zero-order valence-corrected chi connectivity index (χ0v) is 18.9. The highest BCUT2D eigenvalue weighted by Crippen LogP contribution is 2.17. The van der Waals surface area contributed by atoms with E-state index in [1.807, 2.05) is 0 Å². The van der Waals surface area contributed by atoms with E-state index in [0.29, 0.717) is 0 Å². The minimum Gasteiger partial charge on any atom is -0.482 e. The summed E-state index contributed by atoms with van der Waals surface area (Å²) in [5.41, 5.74) is -0.236. The third-order valence-corrected chi connectivity index (χ3v) is 6.08. The molecule has 0 spiro atoms. The molecule has 1 heterocycles. The second-order valence-corrected chi connectivity index (χ2v) is 8.58. The highest BCUT2D eigenvalue weighted by Gasteiger charge is 2.25. The molecule has 0 aliphatic rings. The van der Waals surface area contributed by atoms with Crippen molar-refractivity contribution in [3.05, 3.63) is 35.7 Å². The smallest absolute Gasteiger partial charge is 0.339 e. The first-order chi connectivity index (χ1) is 14.7. The number of anilines is 1. The minimum atomic E-state index is -4.42. The molecule has 0 aliphatic carbocycles. The van der Waals surface area contributed by atoms with Crippen molar-refractivity contribution in [2.45, 2.75) is 10.6 Å². The maximum absolute atomic E-state index is 12.6. The van der Waals surface area contributed by atoms with Crippen LogP contribution in [0.2, 0.25) is 0 Å². The summed E-state index contributed by atoms with van der Waals surface area (Å²) < 4.78 is 41.6. The van der Waals surface area contributed by atoms with Gasteiger partial charge in [-0.1, -0.05) is 23.9 Å². The number of sulfonamides is 1. The van der Waals surface area contributed by atoms with Crippen LogP contribution < -0.4 is 14.8 Å². The molecule has 166 valence electrons. The van der Waals surface area contributed by atoms with Gasteiger partial charge in [-0.25, -0.2) is 22.7 Å². The monoisotopic (exact) mass is 487 g/mol. The van der Waals surface area contributed by atoms with Crippen LogP contribution in [0.1, 0.15) is 16.2 Å². The number of amides is 2. The van der Waals surface area contributed by atoms with Crippen molar-refractivity contribution in [2.24, 2.45) is 0 Å². The Morgan fingerprint density at radius 2 is 1.81 bits per heavy atom. The predicted octanol–water partition coefficient (Wildman–Crippen LogP) is 1.34. The van der Waals surface area contributed by atoms with E-state index in [-0.39, 0.29) is 33.5 Å². The fourth-order valence-electron chi connectivity index (χ4n) is 2.08. The SMILES string of the molecule is COC(=O)c1ccccc1S(=O)(=O)NC(=O)Nc1nc(CSC(=S)OC)nc(OC)n1. The number of benzene rings is 1. The third kappa shape index (κ3) is 6.73. The topological polar surface area (TPSA) is 159 Å². The summed E-state index contributed by atoms with van der Waals surface area (Å²) in [5.74, 6) is -0.753. The Hall–Kier alpha value is -3.04. The Labute approximate surface area is 187 Å². The number of ether oxygens (including phenoxy) is 3. The van der Waals surface area contributed by atoms with Crippen molar-refractivity contribution in [2.75, 3.05) is 26.6 Å². The number of aromatic nitrogens is 3. The van der Waals surface area contributed by atoms with Crippen molar-refractivity contribution in [3.63, 3.8) is 0 Å². The predicted molar refractivity (Wildman–Crippen MR) is 114 cm³/mol. The Bertz CT molecular complexity index is 1090. The van der Waals surface area contributed by atoms with E-state index in [4.69, 9.17) is 21.7 Å². The number of nitrogens with zero attached hydrogens (tertiary/aromatic N) is 3. The van der Waals surface area contributed by atoms with Crippen molar-refractivity contribution < 1.29 is 32.2 Å². The van der Waals surface area contributed by atoms with E-state index in [1.165, 1.54) is 32.4 Å². The lowest BCUT2D eigenvalue weighted by Gasteiger charge is -2.11. The number of thiocarbonyl (C=S) groups is 1. The molecule has 0 bridgehead atoms. The Balaban J connectivity index is 2.20. The van der Waals surface area contributed by atoms with Crippen molar-refractivity contribution in [1.29, 1.82) is 0 Å². The molecular formula is C16H17N5O7S3. The van der Waals surface area contributed by atoms with Crippen LogP contribution in [-0.4, -0.2) is 61.1 Å². The van der Waals surface area contributed by atoms with Gasteiger partial charge < -0.3 is 14.2 Å². The van der Waals surface area contributed by atoms with Crippen molar-refractivity contribution >= 4 is 56.3 Å². The fraction of sp³-hybridized carbons (Fsp3) is 0.250. The Morgan fingerprint density at radius 3 is 2.45 bits per heavy atom. The molecule has 2 N–H and O–H groups in total. The molecule has 0 radical (unpaired) electrons. The number of carbonyl (C=O) groups is 2. The van der Waals surface area contributed by atoms with E-state index in [9.17, 15) is 18.0 Å². The first-order valence-corrected chi connectivity index (χ1v) is 11.1. The molecule has 15 heteroatoms. The molecular weight excluding hydrogens is 470 g/mol. The first kappa shape index (κ1) is 24.2. The molecule has 0 fully saturated rings. The summed E-state index contributed by atoms with van der Waals surface area (Å²) in [5, 5.41) is 2.19. The lowest BCUT2D eigenvalue weighted by Crippen LogP contribution is -2.35. The zero-order valence-electron chi connectivity index (χ0n) is 16.4. The number of carbonyl (C=O) groups excluding carboxylic acids is 2. The summed E-state index contributed by atoms with van der Waals surface area (Å²) in [6.45, 7) is 0. The summed E-state index contributed by atoms with van der Waals surface area (Å²) >= 11 is 6.04. The molecule has 2 amide bonds. The minimum absolute atomic E-state index is 0.108. The molecule has 1 aromatic carbocycles. The van der Waals surface area contributed by atoms with E-state index in [0.717, 1.165) is 24.9 Å². The van der Waals surface area contributed by atoms with Crippen LogP contribution in [0.5, 0.6) is 6.01 Å². The molecule has 1 aromatic heterocycles. The molecule has 0 aliphatic heterocycles. The molecule has 0 atom stereocenters. The van der Waals surface area contributed by atoms with Gasteiger partial charge in [0.2, 0.25) is 10.3 Å². The van der Waals surface area contributed by atoms with Crippen LogP contribution in [0, 0.1) is 0 Å². The number of hydrogen-bond donors (Lipinski definition) is 2. The number of methoxy groups -OCH3 is 3. The van der Waals surface area contributed by atoms with Gasteiger partial charge in [0, 0.05) is 0 Å². The van der Waals surface area contributed by atoms with Gasteiger partial charge in [0.1, 0.15) is 10.7 Å². The van der Waals surface area contributed by atoms with Crippen LogP contribution in [0.25, 0.3) is 0 Å². The number of hydrogen-bond acceptors (Lipinski definition) is 12. The normalized spacial score (nSPS) is 10.7. The third-order valence-electron chi connectivity index (χ3n) is 3.36. The average molecular weight is 488 g/mol. The number of esters is 1. The van der Waals surface area contributed by atoms with Crippen LogP contribution >= 0.6 is 24.0 Å². The number of nitrogens with one attached hydrogen (secondary N) is 2. The summed E-state index contributed by atoms with van der Waals surface area (Å²) in [4.78, 5) is 35.5. The molecule has 2 rings (SSSR count). The van der Waals surface area contributed by atoms with Gasteiger partial charge in [-0.2, -0.15) is 15.0 Å². The summed E-state index contributed by atoms with van der Waals surface area (Å²) in [7, 11) is -0.587. The molecule has 2 aromatic rings. The standard InChI is InChI=1S/C16H17N5O7S3/c1-26-12(22)9-6-4-5-7-10(9)31(24,25)21-14(23)19-13-17-11(8-30-16(29)28-3)18-15(20-13)27-2/h4-7H,8H2,1-3H3,(H2,17,18,19,20,21,23). The van der Waals surface area contributed by atoms with Gasteiger partial charge in [0.05, 0.1) is 32.6 Å². The molecule has 0 saturated carbocycles. The number of urea groups is 1. The highest BCUT2D eigenvalue weighted by molar-refractivity contribution is 8.22. The quantitative estimate of drug-likeness (QED) is 0.427. The second kappa shape index (κ2) is 10.8. The van der Waals surface area contributed by atoms with Crippen LogP contribution in [-0.2, 0) is 25.2 Å². The van der Waals surface area contributed by atoms with E-state index in [1.54, 1.807) is 4.72 Å². The lowest BCUT2D eigenvalue weighted by molar-refractivity contribution is 0.0596. The Kier molecular flexibility index (Phi) is 8.47. The lowest BCUT2D eigenvalue weighted by atomic mass is 10.2. The van der Waals surface area contributed by atoms with Crippen LogP contribution in [0.4, 0.5) is 10.7 Å². The molecule has 0 unspecified atom stereocenters. The molecule has 31 heavy (non-hydrogen) atoms. The van der Waals surface area contributed by atoms with Gasteiger partial charge in [-0.05, 0) is 24.4 Å². The van der Waals surface area contributed by atoms with Gasteiger partial charge in [-0.15, -0.1) is 0 Å². The van der Waals surface area contributed by atoms with Gasteiger partial charge >= 0.3 is 18.0 Å². The van der Waals surface area contributed by atoms with Gasteiger partial charge in [-0.3, -0.25) is 5.32 Å². The van der Waals surface area contributed by atoms with Crippen LogP contribution in [0.3, 0.4) is 0 Å². The highest BCUT2D eigenvalue weighted by atomic mass is 32.2. The first-order valence-electron chi connectivity index (χ1n) is 8.21. The molecule has 0 saturated heterocycles. The average Bonchev–Trinajstić information content (AvgIpc) is 2.76. The second-order valence-electron chi connectivity index (χ2n) is 5.35. The van der Waals surface area contributed by atoms with Gasteiger partial charge in [0.15, 0.2) is 0 Å². The van der Waals surface area contributed by atoms with Crippen molar-refractivity contribution in [3.8, 4) is 6.01 Å². The largest absolute Gasteiger partial charge is 0.482 e. The van der Waals surface area contributed by atoms with E-state index in [2.05, 4.69) is 25.0 Å². The maximum Gasteiger partial charge on any atom is 0.339 e. The fourth-order valence-corrected chi connectivity index (χ4v) is 3.85. The van der Waals surface area contributed by atoms with Gasteiger partial charge in [0.25, 0.3) is 10.0 Å². The Morgan fingerprint density at radius 1 is 1.10 bits per heavy atom. The summed E-state index contributed by atoms with van der Waals surface area (Å²) in [6.07, 6.45) is 0. The van der Waals surface area contributed by atoms with E-state index >= 15 is 0 Å². The zero-order chi connectivity index (χ0) is 23.0. The number of rotatable bonds is 7. The summed E-state index contributed by atoms with van der Waals surface area (Å²) in [6, 6.07) is 3.98. The number of thioether (sulfide) groups is 1. The van der Waals surface area contributed by atoms with E-state index < -0.39 is 26.9 Å².